The Morgan fingerprint density at radius 1 is 1.33 bits per heavy atom. The summed E-state index contributed by atoms with van der Waals surface area (Å²) in [5, 5.41) is 5.80. The standard InChI is InChI=1S/C16H18N2O2S/c1-2-3-10-20-14-8-6-13(7-9-14)12-17-18-16(19)15-5-4-11-21-15/h4-9,11-12H,2-3,10H2,1H3,(H,18,19)/b17-12+. The van der Waals surface area contributed by atoms with Crippen molar-refractivity contribution in [3.8, 4) is 5.75 Å². The Hall–Kier alpha value is -2.14. The fourth-order valence-electron chi connectivity index (χ4n) is 1.61. The highest BCUT2D eigenvalue weighted by molar-refractivity contribution is 7.12. The second kappa shape index (κ2) is 8.21. The van der Waals surface area contributed by atoms with Gasteiger partial charge in [0, 0.05) is 0 Å². The van der Waals surface area contributed by atoms with Gasteiger partial charge in [0.15, 0.2) is 0 Å². The molecular formula is C16H18N2O2S. The third kappa shape index (κ3) is 5.04. The van der Waals surface area contributed by atoms with E-state index in [1.807, 2.05) is 35.7 Å². The summed E-state index contributed by atoms with van der Waals surface area (Å²) < 4.78 is 5.58. The Labute approximate surface area is 128 Å². The van der Waals surface area contributed by atoms with Crippen LogP contribution in [0, 0.1) is 0 Å². The number of hydrogen-bond donors (Lipinski definition) is 1. The van der Waals surface area contributed by atoms with Gasteiger partial charge < -0.3 is 4.74 Å². The molecule has 5 heteroatoms. The number of amides is 1. The van der Waals surface area contributed by atoms with Crippen molar-refractivity contribution in [3.05, 3.63) is 52.2 Å². The average Bonchev–Trinajstić information content (AvgIpc) is 3.03. The predicted molar refractivity (Wildman–Crippen MR) is 86.2 cm³/mol. The summed E-state index contributed by atoms with van der Waals surface area (Å²) in [6, 6.07) is 11.2. The van der Waals surface area contributed by atoms with Gasteiger partial charge in [-0.3, -0.25) is 4.79 Å². The molecule has 1 aromatic heterocycles. The molecular weight excluding hydrogens is 284 g/mol. The van der Waals surface area contributed by atoms with Crippen LogP contribution in [0.1, 0.15) is 35.0 Å². The van der Waals surface area contributed by atoms with Crippen molar-refractivity contribution in [2.45, 2.75) is 19.8 Å². The number of hydrogen-bond acceptors (Lipinski definition) is 4. The number of nitrogens with one attached hydrogen (secondary N) is 1. The molecule has 0 aliphatic rings. The highest BCUT2D eigenvalue weighted by Gasteiger charge is 2.03. The Bertz CT molecular complexity index is 577. The number of hydrazone groups is 1. The van der Waals surface area contributed by atoms with Gasteiger partial charge in [0.05, 0.1) is 17.7 Å². The van der Waals surface area contributed by atoms with Crippen molar-refractivity contribution in [1.82, 2.24) is 5.43 Å². The lowest BCUT2D eigenvalue weighted by atomic mass is 10.2. The first-order valence-electron chi connectivity index (χ1n) is 6.89. The molecule has 0 saturated carbocycles. The Morgan fingerprint density at radius 3 is 2.81 bits per heavy atom. The van der Waals surface area contributed by atoms with Gasteiger partial charge >= 0.3 is 0 Å². The number of ether oxygens (including phenoxy) is 1. The van der Waals surface area contributed by atoms with Gasteiger partial charge in [-0.15, -0.1) is 11.3 Å². The molecule has 0 saturated heterocycles. The zero-order chi connectivity index (χ0) is 14.9. The molecule has 0 spiro atoms. The van der Waals surface area contributed by atoms with E-state index in [1.54, 1.807) is 12.3 Å². The maximum atomic E-state index is 11.7. The van der Waals surface area contributed by atoms with E-state index >= 15 is 0 Å². The van der Waals surface area contributed by atoms with Crippen molar-refractivity contribution in [3.63, 3.8) is 0 Å². The third-order valence-corrected chi connectivity index (χ3v) is 3.64. The number of rotatable bonds is 7. The van der Waals surface area contributed by atoms with Gasteiger partial charge in [0.25, 0.3) is 5.91 Å². The van der Waals surface area contributed by atoms with Crippen LogP contribution in [0.4, 0.5) is 0 Å². The van der Waals surface area contributed by atoms with Crippen molar-refractivity contribution in [2.24, 2.45) is 5.10 Å². The lowest BCUT2D eigenvalue weighted by Crippen LogP contribution is -2.16. The molecule has 1 N–H and O–H groups in total. The molecule has 0 bridgehead atoms. The van der Waals surface area contributed by atoms with Gasteiger partial charge in [0.2, 0.25) is 0 Å². The van der Waals surface area contributed by atoms with Gasteiger partial charge in [-0.25, -0.2) is 5.43 Å². The fourth-order valence-corrected chi connectivity index (χ4v) is 2.23. The molecule has 2 aromatic rings. The van der Waals surface area contributed by atoms with Gasteiger partial charge in [-0.2, -0.15) is 5.10 Å². The monoisotopic (exact) mass is 302 g/mol. The van der Waals surface area contributed by atoms with Crippen LogP contribution in [0.2, 0.25) is 0 Å². The highest BCUT2D eigenvalue weighted by atomic mass is 32.1. The van der Waals surface area contributed by atoms with E-state index < -0.39 is 0 Å². The van der Waals surface area contributed by atoms with Gasteiger partial charge in [0.1, 0.15) is 5.75 Å². The average molecular weight is 302 g/mol. The quantitative estimate of drug-likeness (QED) is 0.482. The molecule has 1 amide bonds. The molecule has 4 nitrogen and oxygen atoms in total. The highest BCUT2D eigenvalue weighted by Crippen LogP contribution is 2.11. The van der Waals surface area contributed by atoms with E-state index in [9.17, 15) is 4.79 Å². The molecule has 1 aromatic carbocycles. The number of unbranched alkanes of at least 4 members (excludes halogenated alkanes) is 1. The molecule has 0 aliphatic carbocycles. The summed E-state index contributed by atoms with van der Waals surface area (Å²) in [5.41, 5.74) is 3.41. The maximum Gasteiger partial charge on any atom is 0.281 e. The van der Waals surface area contributed by atoms with Crippen LogP contribution < -0.4 is 10.2 Å². The second-order valence-corrected chi connectivity index (χ2v) is 5.40. The van der Waals surface area contributed by atoms with E-state index in [0.717, 1.165) is 30.8 Å². The number of carbonyl (C=O) groups is 1. The SMILES string of the molecule is CCCCOc1ccc(/C=N/NC(=O)c2cccs2)cc1. The van der Waals surface area contributed by atoms with Crippen molar-refractivity contribution < 1.29 is 9.53 Å². The molecule has 0 fully saturated rings. The molecule has 0 unspecified atom stereocenters. The first-order chi connectivity index (χ1) is 10.3. The van der Waals surface area contributed by atoms with Crippen LogP contribution >= 0.6 is 11.3 Å². The van der Waals surface area contributed by atoms with E-state index in [0.29, 0.717) is 4.88 Å². The largest absolute Gasteiger partial charge is 0.494 e. The van der Waals surface area contributed by atoms with Gasteiger partial charge in [-0.1, -0.05) is 19.4 Å². The number of benzene rings is 1. The lowest BCUT2D eigenvalue weighted by molar-refractivity contribution is 0.0959. The minimum Gasteiger partial charge on any atom is -0.494 e. The first-order valence-corrected chi connectivity index (χ1v) is 7.77. The van der Waals surface area contributed by atoms with Crippen LogP contribution in [0.5, 0.6) is 5.75 Å². The van der Waals surface area contributed by atoms with Gasteiger partial charge in [-0.05, 0) is 47.7 Å². The topological polar surface area (TPSA) is 50.7 Å². The summed E-state index contributed by atoms with van der Waals surface area (Å²) >= 11 is 1.39. The summed E-state index contributed by atoms with van der Waals surface area (Å²) in [6.45, 7) is 2.87. The number of nitrogens with zero attached hydrogens (tertiary/aromatic N) is 1. The second-order valence-electron chi connectivity index (χ2n) is 4.45. The van der Waals surface area contributed by atoms with Crippen molar-refractivity contribution >= 4 is 23.5 Å². The van der Waals surface area contributed by atoms with E-state index in [2.05, 4.69) is 17.5 Å². The molecule has 1 heterocycles. The molecule has 0 atom stereocenters. The molecule has 0 aliphatic heterocycles. The number of carbonyl (C=O) groups excluding carboxylic acids is 1. The first kappa shape index (κ1) is 15.3. The van der Waals surface area contributed by atoms with Crippen LogP contribution in [0.15, 0.2) is 46.9 Å². The molecule has 0 radical (unpaired) electrons. The maximum absolute atomic E-state index is 11.7. The smallest absolute Gasteiger partial charge is 0.281 e. The van der Waals surface area contributed by atoms with Crippen LogP contribution in [0.3, 0.4) is 0 Å². The van der Waals surface area contributed by atoms with Crippen LogP contribution in [-0.2, 0) is 0 Å². The molecule has 2 rings (SSSR count). The van der Waals surface area contributed by atoms with E-state index in [4.69, 9.17) is 4.74 Å². The fraction of sp³-hybridized carbons (Fsp3) is 0.250. The summed E-state index contributed by atoms with van der Waals surface area (Å²) in [7, 11) is 0. The molecule has 110 valence electrons. The van der Waals surface area contributed by atoms with Crippen molar-refractivity contribution in [1.29, 1.82) is 0 Å². The Kier molecular flexibility index (Phi) is 5.97. The minimum absolute atomic E-state index is 0.194. The zero-order valence-electron chi connectivity index (χ0n) is 11.9. The lowest BCUT2D eigenvalue weighted by Gasteiger charge is -2.04. The molecule has 21 heavy (non-hydrogen) atoms. The Morgan fingerprint density at radius 2 is 2.14 bits per heavy atom. The van der Waals surface area contributed by atoms with Crippen LogP contribution in [0.25, 0.3) is 0 Å². The third-order valence-electron chi connectivity index (χ3n) is 2.77. The normalized spacial score (nSPS) is 10.7. The zero-order valence-corrected chi connectivity index (χ0v) is 12.7. The summed E-state index contributed by atoms with van der Waals surface area (Å²) in [6.07, 6.45) is 3.79. The Balaban J connectivity index is 1.82. The van der Waals surface area contributed by atoms with Crippen LogP contribution in [-0.4, -0.2) is 18.7 Å². The van der Waals surface area contributed by atoms with E-state index in [1.165, 1.54) is 11.3 Å². The summed E-state index contributed by atoms with van der Waals surface area (Å²) in [4.78, 5) is 12.3. The number of thiophene rings is 1. The predicted octanol–water partition coefficient (Wildman–Crippen LogP) is 3.69. The summed E-state index contributed by atoms with van der Waals surface area (Å²) in [5.74, 6) is 0.656. The minimum atomic E-state index is -0.194. The van der Waals surface area contributed by atoms with E-state index in [-0.39, 0.29) is 5.91 Å². The van der Waals surface area contributed by atoms with Crippen molar-refractivity contribution in [2.75, 3.05) is 6.61 Å².